The minimum absolute atomic E-state index is 0.0308. The second-order valence-corrected chi connectivity index (χ2v) is 6.33. The first kappa shape index (κ1) is 15.6. The van der Waals surface area contributed by atoms with Gasteiger partial charge in [0.1, 0.15) is 11.0 Å². The molecule has 122 valence electrons. The van der Waals surface area contributed by atoms with Gasteiger partial charge in [0, 0.05) is 27.1 Å². The Bertz CT molecular complexity index is 704. The summed E-state index contributed by atoms with van der Waals surface area (Å²) >= 11 is 1.13. The van der Waals surface area contributed by atoms with Crippen LogP contribution in [0.2, 0.25) is 0 Å². The highest BCUT2D eigenvalue weighted by atomic mass is 32.1. The van der Waals surface area contributed by atoms with Gasteiger partial charge in [-0.3, -0.25) is 9.78 Å². The molecule has 3 heterocycles. The van der Waals surface area contributed by atoms with E-state index in [1.54, 1.807) is 24.2 Å². The van der Waals surface area contributed by atoms with Crippen LogP contribution in [0.15, 0.2) is 12.4 Å². The molecule has 0 bridgehead atoms. The minimum Gasteiger partial charge on any atom is -0.471 e. The van der Waals surface area contributed by atoms with E-state index in [-0.39, 0.29) is 12.0 Å². The Morgan fingerprint density at radius 2 is 2.26 bits per heavy atom. The molecule has 1 fully saturated rings. The number of carbonyl (C=O) groups is 1. The summed E-state index contributed by atoms with van der Waals surface area (Å²) in [6.45, 7) is 2.98. The minimum atomic E-state index is -0.0770. The third-order valence-corrected chi connectivity index (χ3v) is 4.44. The molecule has 0 N–H and O–H groups in total. The van der Waals surface area contributed by atoms with Crippen LogP contribution in [0.25, 0.3) is 0 Å². The Labute approximate surface area is 138 Å². The van der Waals surface area contributed by atoms with Gasteiger partial charge in [-0.1, -0.05) is 4.49 Å². The van der Waals surface area contributed by atoms with E-state index < -0.39 is 0 Å². The van der Waals surface area contributed by atoms with Gasteiger partial charge in [0.2, 0.25) is 5.88 Å². The third-order valence-electron chi connectivity index (χ3n) is 3.62. The van der Waals surface area contributed by atoms with E-state index in [9.17, 15) is 4.79 Å². The van der Waals surface area contributed by atoms with E-state index >= 15 is 0 Å². The molecule has 1 amide bonds. The second kappa shape index (κ2) is 6.45. The summed E-state index contributed by atoms with van der Waals surface area (Å²) in [5.74, 6) is 1.18. The largest absolute Gasteiger partial charge is 0.471 e. The number of amides is 1. The lowest BCUT2D eigenvalue weighted by Crippen LogP contribution is -2.31. The predicted octanol–water partition coefficient (Wildman–Crippen LogP) is 0.996. The zero-order chi connectivity index (χ0) is 16.4. The molecule has 23 heavy (non-hydrogen) atoms. The topological polar surface area (TPSA) is 84.3 Å². The number of rotatable bonds is 4. The molecule has 0 spiro atoms. The quantitative estimate of drug-likeness (QED) is 0.824. The molecule has 1 atom stereocenters. The third kappa shape index (κ3) is 3.39. The monoisotopic (exact) mass is 334 g/mol. The molecule has 0 aromatic carbocycles. The smallest absolute Gasteiger partial charge is 0.267 e. The summed E-state index contributed by atoms with van der Waals surface area (Å²) in [5, 5.41) is 3.89. The summed E-state index contributed by atoms with van der Waals surface area (Å²) in [7, 11) is 3.80. The van der Waals surface area contributed by atoms with Crippen molar-refractivity contribution in [3.63, 3.8) is 0 Å². The highest BCUT2D eigenvalue weighted by Gasteiger charge is 2.30. The average molecular weight is 334 g/mol. The first-order chi connectivity index (χ1) is 11.0. The van der Waals surface area contributed by atoms with Crippen LogP contribution in [0.3, 0.4) is 0 Å². The van der Waals surface area contributed by atoms with Gasteiger partial charge < -0.3 is 14.5 Å². The Morgan fingerprint density at radius 3 is 2.96 bits per heavy atom. The SMILES string of the molecule is Cc1nnsc1C(=O)N1CC[C@H](Oc2cncc(N(C)C)n2)C1. The van der Waals surface area contributed by atoms with Crippen molar-refractivity contribution in [3.05, 3.63) is 23.0 Å². The van der Waals surface area contributed by atoms with Gasteiger partial charge >= 0.3 is 0 Å². The van der Waals surface area contributed by atoms with Crippen LogP contribution >= 0.6 is 11.5 Å². The second-order valence-electron chi connectivity index (χ2n) is 5.58. The molecule has 2 aromatic heterocycles. The number of hydrogen-bond acceptors (Lipinski definition) is 8. The molecule has 3 rings (SSSR count). The molecule has 0 unspecified atom stereocenters. The molecule has 1 aliphatic heterocycles. The fraction of sp³-hybridized carbons (Fsp3) is 0.500. The van der Waals surface area contributed by atoms with Crippen molar-refractivity contribution in [2.24, 2.45) is 0 Å². The van der Waals surface area contributed by atoms with Crippen LogP contribution < -0.4 is 9.64 Å². The molecular formula is C14H18N6O2S. The van der Waals surface area contributed by atoms with Gasteiger partial charge in [-0.15, -0.1) is 5.10 Å². The molecule has 2 aromatic rings. The van der Waals surface area contributed by atoms with Gasteiger partial charge in [-0.25, -0.2) is 0 Å². The van der Waals surface area contributed by atoms with Crippen LogP contribution in [0, 0.1) is 6.92 Å². The number of carbonyl (C=O) groups excluding carboxylic acids is 1. The zero-order valence-corrected chi connectivity index (χ0v) is 14.1. The number of aryl methyl sites for hydroxylation is 1. The number of hydrogen-bond donors (Lipinski definition) is 0. The zero-order valence-electron chi connectivity index (χ0n) is 13.3. The van der Waals surface area contributed by atoms with Gasteiger partial charge in [0.15, 0.2) is 5.82 Å². The fourth-order valence-electron chi connectivity index (χ4n) is 2.36. The van der Waals surface area contributed by atoms with Crippen molar-refractivity contribution in [1.29, 1.82) is 0 Å². The van der Waals surface area contributed by atoms with Gasteiger partial charge in [0.25, 0.3) is 5.91 Å². The van der Waals surface area contributed by atoms with Gasteiger partial charge in [0.05, 0.1) is 24.6 Å². The lowest BCUT2D eigenvalue weighted by molar-refractivity contribution is 0.0775. The summed E-state index contributed by atoms with van der Waals surface area (Å²) in [6, 6.07) is 0. The maximum Gasteiger partial charge on any atom is 0.267 e. The van der Waals surface area contributed by atoms with Crippen molar-refractivity contribution in [1.82, 2.24) is 24.5 Å². The van der Waals surface area contributed by atoms with E-state index in [1.165, 1.54) is 0 Å². The number of nitrogens with zero attached hydrogens (tertiary/aromatic N) is 6. The molecule has 0 saturated carbocycles. The molecule has 0 radical (unpaired) electrons. The fourth-order valence-corrected chi connectivity index (χ4v) is 2.99. The number of aromatic nitrogens is 4. The van der Waals surface area contributed by atoms with Crippen LogP contribution in [-0.4, -0.2) is 63.7 Å². The normalized spacial score (nSPS) is 17.3. The maximum atomic E-state index is 12.4. The van der Waals surface area contributed by atoms with Crippen LogP contribution in [-0.2, 0) is 0 Å². The molecule has 1 aliphatic rings. The Morgan fingerprint density at radius 1 is 1.43 bits per heavy atom. The lowest BCUT2D eigenvalue weighted by atomic mass is 10.3. The van der Waals surface area contributed by atoms with E-state index in [1.807, 2.05) is 19.0 Å². The van der Waals surface area contributed by atoms with Gasteiger partial charge in [-0.05, 0) is 18.5 Å². The van der Waals surface area contributed by atoms with Crippen LogP contribution in [0.5, 0.6) is 5.88 Å². The summed E-state index contributed by atoms with van der Waals surface area (Å²) in [4.78, 5) is 25.2. The maximum absolute atomic E-state index is 12.4. The van der Waals surface area contributed by atoms with Crippen LogP contribution in [0.1, 0.15) is 21.8 Å². The molecule has 9 heteroatoms. The van der Waals surface area contributed by atoms with E-state index in [0.717, 1.165) is 23.8 Å². The predicted molar refractivity (Wildman–Crippen MR) is 85.9 cm³/mol. The summed E-state index contributed by atoms with van der Waals surface area (Å²) < 4.78 is 9.69. The number of ether oxygens (including phenoxy) is 1. The van der Waals surface area contributed by atoms with Crippen molar-refractivity contribution < 1.29 is 9.53 Å². The Kier molecular flexibility index (Phi) is 4.37. The lowest BCUT2D eigenvalue weighted by Gasteiger charge is -2.17. The van der Waals surface area contributed by atoms with Gasteiger partial charge in [-0.2, -0.15) is 4.98 Å². The Balaban J connectivity index is 1.63. The van der Waals surface area contributed by atoms with E-state index in [4.69, 9.17) is 4.74 Å². The molecule has 8 nitrogen and oxygen atoms in total. The standard InChI is InChI=1S/C14H18N6O2S/c1-9-13(23-18-17-9)14(21)20-5-4-10(8-20)22-12-7-15-6-11(16-12)19(2)3/h6-7,10H,4-5,8H2,1-3H3/t10-/m0/s1. The average Bonchev–Trinajstić information content (AvgIpc) is 3.16. The Hall–Kier alpha value is -2.29. The number of anilines is 1. The highest BCUT2D eigenvalue weighted by molar-refractivity contribution is 7.07. The van der Waals surface area contributed by atoms with Crippen LogP contribution in [0.4, 0.5) is 5.82 Å². The van der Waals surface area contributed by atoms with Crippen molar-refractivity contribution in [3.8, 4) is 5.88 Å². The summed E-state index contributed by atoms with van der Waals surface area (Å²) in [6.07, 6.45) is 3.96. The van der Waals surface area contributed by atoms with E-state index in [0.29, 0.717) is 29.5 Å². The van der Waals surface area contributed by atoms with Crippen molar-refractivity contribution in [2.45, 2.75) is 19.4 Å². The van der Waals surface area contributed by atoms with E-state index in [2.05, 4.69) is 19.6 Å². The highest BCUT2D eigenvalue weighted by Crippen LogP contribution is 2.21. The molecule has 1 saturated heterocycles. The first-order valence-electron chi connectivity index (χ1n) is 7.29. The number of likely N-dealkylation sites (tertiary alicyclic amines) is 1. The van der Waals surface area contributed by atoms with Crippen molar-refractivity contribution in [2.75, 3.05) is 32.1 Å². The molecule has 0 aliphatic carbocycles. The molecular weight excluding hydrogens is 316 g/mol. The first-order valence-corrected chi connectivity index (χ1v) is 8.06. The van der Waals surface area contributed by atoms with Crippen molar-refractivity contribution >= 4 is 23.3 Å². The summed E-state index contributed by atoms with van der Waals surface area (Å²) in [5.41, 5.74) is 0.675.